The number of rotatable bonds is 14. The molecular formula is C62H71BN3O11P8S8+. The van der Waals surface area contributed by atoms with E-state index in [1.54, 1.807) is 24.5 Å². The molecule has 14 nitrogen and oxygen atoms in total. The molecule has 31 heteroatoms. The van der Waals surface area contributed by atoms with Crippen molar-refractivity contribution in [2.75, 3.05) is 42.3 Å². The molecule has 7 N–H and O–H groups in total. The predicted octanol–water partition coefficient (Wildman–Crippen LogP) is 9.61. The highest BCUT2D eigenvalue weighted by Gasteiger charge is 2.29. The van der Waals surface area contributed by atoms with Crippen molar-refractivity contribution in [2.24, 2.45) is 0 Å². The van der Waals surface area contributed by atoms with Crippen molar-refractivity contribution in [3.63, 3.8) is 0 Å². The molecule has 0 spiro atoms. The zero-order valence-corrected chi connectivity index (χ0v) is 63.2. The van der Waals surface area contributed by atoms with Gasteiger partial charge in [0.2, 0.25) is 5.75 Å². The minimum atomic E-state index is -3.11. The summed E-state index contributed by atoms with van der Waals surface area (Å²) in [6.07, 6.45) is 3.49. The Morgan fingerprint density at radius 2 is 0.731 bits per heavy atom. The third-order valence-electron chi connectivity index (χ3n) is 11.1. The lowest BCUT2D eigenvalue weighted by Crippen LogP contribution is -2.33. The number of hydrogen-bond acceptors (Lipinski definition) is 19. The lowest BCUT2D eigenvalue weighted by atomic mass is 10.2. The van der Waals surface area contributed by atoms with Crippen LogP contribution in [0.25, 0.3) is 0 Å². The quantitative estimate of drug-likeness (QED) is 0.0177. The molecule has 0 bridgehead atoms. The van der Waals surface area contributed by atoms with Gasteiger partial charge in [0.1, 0.15) is 24.6 Å². The summed E-state index contributed by atoms with van der Waals surface area (Å²) in [6.45, 7) is 2.13. The summed E-state index contributed by atoms with van der Waals surface area (Å²) in [6, 6.07) is 59.8. The second kappa shape index (κ2) is 47.0. The first-order valence-electron chi connectivity index (χ1n) is 26.0. The first kappa shape index (κ1) is 88.0. The molecule has 0 aliphatic rings. The van der Waals surface area contributed by atoms with Crippen LogP contribution in [0, 0.1) is 0 Å². The predicted molar refractivity (Wildman–Crippen MR) is 423 cm³/mol. The number of phenolic OH excluding ortho intramolecular Hbond substituents is 7. The maximum Gasteiger partial charge on any atom is 0.425 e. The van der Waals surface area contributed by atoms with Crippen LogP contribution in [0.15, 0.2) is 207 Å². The highest BCUT2D eigenvalue weighted by atomic mass is 32.4. The summed E-state index contributed by atoms with van der Waals surface area (Å²) in [5, 5.41) is 71.6. The Hall–Kier alpha value is -5.02. The highest BCUT2D eigenvalue weighted by molar-refractivity contribution is 8.01. The van der Waals surface area contributed by atoms with Gasteiger partial charge in [-0.3, -0.25) is 4.98 Å². The van der Waals surface area contributed by atoms with Gasteiger partial charge >= 0.3 is 10.6 Å². The molecule has 1 aromatic heterocycles. The van der Waals surface area contributed by atoms with Gasteiger partial charge in [-0.2, -0.15) is 0 Å². The van der Waals surface area contributed by atoms with Gasteiger partial charge in [-0.15, -0.1) is 12.6 Å². The summed E-state index contributed by atoms with van der Waals surface area (Å²) >= 11 is 33.6. The zero-order valence-electron chi connectivity index (χ0n) is 49.5. The molecule has 0 unspecified atom stereocenters. The van der Waals surface area contributed by atoms with Gasteiger partial charge in [-0.05, 0) is 103 Å². The van der Waals surface area contributed by atoms with Crippen molar-refractivity contribution in [2.45, 2.75) is 20.5 Å². The second-order valence-electron chi connectivity index (χ2n) is 20.2. The SMILES string of the molecule is C.C[N+](C)(C)Cc1ccc(P=S)cc1.C[N+](C)(C)Cc1ccc(P=S)cc1.O=P(c1ccccc1)(c1ccccc1)c1ccc(P=S)cc1.O=S(=O)=O.Oc1ccc(O)c(P=S)c1.Oc1ccc(P=S)c(O)c1O.Oc1cccc(P=S)c1O.S=Pc1ccncc1.[BH4-]. The topological polar surface area (TPSA) is 223 Å². The van der Waals surface area contributed by atoms with Crippen molar-refractivity contribution >= 4 is 213 Å². The first-order valence-corrected chi connectivity index (χ1v) is 42.0. The van der Waals surface area contributed by atoms with Crippen LogP contribution in [0.4, 0.5) is 0 Å². The lowest BCUT2D eigenvalue weighted by molar-refractivity contribution is -0.884. The molecule has 0 fully saturated rings. The van der Waals surface area contributed by atoms with E-state index in [0.29, 0.717) is 38.0 Å². The largest absolute Gasteiger partial charge is 0.508 e. The van der Waals surface area contributed by atoms with Gasteiger partial charge in [-0.25, -0.2) is 0 Å². The first-order chi connectivity index (χ1) is 43.1. The molecule has 0 saturated carbocycles. The second-order valence-corrected chi connectivity index (χ2v) is 32.0. The fraction of sp³-hybridized carbons (Fsp3) is 0.145. The van der Waals surface area contributed by atoms with Gasteiger partial charge in [0.15, 0.2) is 30.1 Å². The Balaban J connectivity index is 0.00000107. The van der Waals surface area contributed by atoms with E-state index in [9.17, 15) is 4.57 Å². The van der Waals surface area contributed by atoms with Crippen molar-refractivity contribution in [3.05, 3.63) is 218 Å². The van der Waals surface area contributed by atoms with E-state index >= 15 is 0 Å². The molecule has 93 heavy (non-hydrogen) atoms. The van der Waals surface area contributed by atoms with E-state index in [1.807, 2.05) is 97.1 Å². The number of nitrogens with zero attached hydrogens (tertiary/aromatic N) is 3. The van der Waals surface area contributed by atoms with Crippen molar-refractivity contribution in [3.8, 4) is 40.2 Å². The summed E-state index contributed by atoms with van der Waals surface area (Å²) in [4.78, 5) is 3.84. The van der Waals surface area contributed by atoms with Crippen LogP contribution in [-0.2, 0) is 111 Å². The molecule has 0 aliphatic carbocycles. The summed E-state index contributed by atoms with van der Waals surface area (Å²) < 4.78 is 41.2. The molecule has 9 aromatic rings. The number of aromatic hydroxyl groups is 7. The summed E-state index contributed by atoms with van der Waals surface area (Å²) in [5.41, 5.74) is 2.74. The number of quaternary nitrogens is 2. The summed E-state index contributed by atoms with van der Waals surface area (Å²) in [7, 11) is 12.3. The third kappa shape index (κ3) is 34.5. The number of hydrogen-bond donors (Lipinski definition) is 7. The molecule has 1 heterocycles. The van der Waals surface area contributed by atoms with E-state index < -0.39 is 23.5 Å². The minimum Gasteiger partial charge on any atom is -0.508 e. The number of pyridine rings is 1. The van der Waals surface area contributed by atoms with Crippen LogP contribution >= 0.6 is 58.6 Å². The molecule has 0 amide bonds. The van der Waals surface area contributed by atoms with Crippen molar-refractivity contribution in [1.29, 1.82) is 0 Å². The normalized spacial score (nSPS) is 10.5. The molecular weight excluding hydrogens is 1480 g/mol. The Kier molecular flexibility index (Phi) is 44.5. The Morgan fingerprint density at radius 1 is 0.387 bits per heavy atom. The lowest BCUT2D eigenvalue weighted by Gasteiger charge is -2.23. The van der Waals surface area contributed by atoms with Crippen LogP contribution in [0.5, 0.6) is 40.2 Å². The van der Waals surface area contributed by atoms with Crippen LogP contribution in [-0.4, -0.2) is 113 Å². The van der Waals surface area contributed by atoms with E-state index in [-0.39, 0.29) is 50.3 Å². The monoisotopic (exact) mass is 1550 g/mol. The van der Waals surface area contributed by atoms with Crippen LogP contribution in [0.3, 0.4) is 0 Å². The van der Waals surface area contributed by atoms with E-state index in [1.165, 1.54) is 58.1 Å². The van der Waals surface area contributed by atoms with Gasteiger partial charge < -0.3 is 49.3 Å². The highest BCUT2D eigenvalue weighted by Crippen LogP contribution is 2.42. The van der Waals surface area contributed by atoms with Crippen LogP contribution in [0.2, 0.25) is 0 Å². The average Bonchev–Trinajstić information content (AvgIpc) is 0.783. The molecule has 490 valence electrons. The summed E-state index contributed by atoms with van der Waals surface area (Å²) in [5.74, 6) is -1.17. The molecule has 0 aliphatic heterocycles. The standard InChI is InChI=1S/C18H14OP2S.2C10H15NPS.C6H5O3PS.2C6H5O2PS.C5H4NPS.CH4.BH4.O3S/c19-21(16-7-3-1-4-8-16,17-9-5-2-6-10-17)18-13-11-15(20-22)12-14-18;2*1-11(2,3)8-9-4-6-10(12-13)7-5-9;7-3-1-2-4(10-11)6(9)5(3)8;7-4-1-2-5(8)6(3-4)9-10;7-4-2-1-3-5(9-10)6(4)8;8-7-5-1-3-6-4-2-5;;;1-4(2)3/h1-14H;2*4-7H,8H2,1-3H3;1-2,7-9H;2*1-3,7-8H;1-4H;2*1H4;/q;2*+1;;;;;;-1;. The number of phenols is 7. The van der Waals surface area contributed by atoms with Gasteiger partial charge in [0.25, 0.3) is 0 Å². The number of para-hydroxylation sites is 1. The number of aromatic nitrogens is 1. The number of benzene rings is 8. The van der Waals surface area contributed by atoms with E-state index in [4.69, 9.17) is 95.6 Å². The Labute approximate surface area is 595 Å². The maximum absolute atomic E-state index is 14.0. The third-order valence-corrected chi connectivity index (χ3v) is 22.2. The zero-order chi connectivity index (χ0) is 68.2. The minimum absolute atomic E-state index is 0. The molecule has 0 radical (unpaired) electrons. The molecule has 9 rings (SSSR count). The van der Waals surface area contributed by atoms with Crippen LogP contribution in [0.1, 0.15) is 18.6 Å². The maximum atomic E-state index is 14.0. The van der Waals surface area contributed by atoms with E-state index in [0.717, 1.165) is 78.0 Å². The van der Waals surface area contributed by atoms with Gasteiger partial charge in [-0.1, -0.05) is 189 Å². The molecule has 0 saturated heterocycles. The smallest absolute Gasteiger partial charge is 0.425 e. The molecule has 8 aromatic carbocycles. The van der Waals surface area contributed by atoms with Gasteiger partial charge in [0.05, 0.1) is 58.2 Å². The Morgan fingerprint density at radius 3 is 1.08 bits per heavy atom. The fourth-order valence-corrected chi connectivity index (χ4v) is 14.6. The Bertz CT molecular complexity index is 3860. The van der Waals surface area contributed by atoms with Crippen molar-refractivity contribution in [1.82, 2.24) is 4.98 Å². The van der Waals surface area contributed by atoms with Crippen molar-refractivity contribution < 1.29 is 61.9 Å². The van der Waals surface area contributed by atoms with Crippen LogP contribution < -0.4 is 53.0 Å². The molecule has 0 atom stereocenters. The van der Waals surface area contributed by atoms with Gasteiger partial charge in [0, 0.05) is 112 Å². The fourth-order valence-electron chi connectivity index (χ4n) is 7.08. The van der Waals surface area contributed by atoms with E-state index in [2.05, 4.69) is 131 Å². The average molecular weight is 1550 g/mol.